The molecule has 1 saturated heterocycles. The Bertz CT molecular complexity index is 1180. The average molecular weight is 441 g/mol. The summed E-state index contributed by atoms with van der Waals surface area (Å²) in [6, 6.07) is 24.4. The molecule has 3 nitrogen and oxygen atoms in total. The van der Waals surface area contributed by atoms with E-state index in [0.717, 1.165) is 22.5 Å². The van der Waals surface area contributed by atoms with Gasteiger partial charge >= 0.3 is 0 Å². The van der Waals surface area contributed by atoms with Crippen molar-refractivity contribution in [3.05, 3.63) is 100.0 Å². The van der Waals surface area contributed by atoms with E-state index in [9.17, 15) is 4.79 Å². The Balaban J connectivity index is 1.72. The van der Waals surface area contributed by atoms with Crippen LogP contribution in [0.4, 0.5) is 11.4 Å². The van der Waals surface area contributed by atoms with Crippen LogP contribution in [0, 0.1) is 13.8 Å². The molecule has 1 aliphatic heterocycles. The summed E-state index contributed by atoms with van der Waals surface area (Å²) in [4.78, 5) is 20.6. The van der Waals surface area contributed by atoms with Crippen LogP contribution in [-0.4, -0.2) is 11.1 Å². The molecule has 3 aromatic carbocycles. The van der Waals surface area contributed by atoms with Crippen LogP contribution in [0.15, 0.2) is 82.7 Å². The molecule has 0 N–H and O–H groups in total. The third-order valence-corrected chi connectivity index (χ3v) is 6.40. The molecule has 4 heteroatoms. The number of anilines is 1. The lowest BCUT2D eigenvalue weighted by Crippen LogP contribution is -2.28. The summed E-state index contributed by atoms with van der Waals surface area (Å²) < 4.78 is 0. The number of aliphatic imine (C=N–C) groups is 1. The zero-order chi connectivity index (χ0) is 22.9. The number of aryl methyl sites for hydroxylation is 2. The van der Waals surface area contributed by atoms with Gasteiger partial charge in [0.1, 0.15) is 0 Å². The molecular weight excluding hydrogens is 412 g/mol. The predicted octanol–water partition coefficient (Wildman–Crippen LogP) is 7.41. The summed E-state index contributed by atoms with van der Waals surface area (Å²) in [5, 5.41) is 0.667. The van der Waals surface area contributed by atoms with Crippen LogP contribution in [0.5, 0.6) is 0 Å². The number of thioether (sulfide) groups is 1. The van der Waals surface area contributed by atoms with Gasteiger partial charge in [0.15, 0.2) is 5.17 Å². The molecule has 0 bridgehead atoms. The van der Waals surface area contributed by atoms with Crippen molar-refractivity contribution in [2.45, 2.75) is 40.0 Å². The number of carbonyl (C=O) groups excluding carboxylic acids is 1. The van der Waals surface area contributed by atoms with Crippen molar-refractivity contribution in [3.63, 3.8) is 0 Å². The number of amides is 1. The van der Waals surface area contributed by atoms with Gasteiger partial charge in [0.05, 0.1) is 16.3 Å². The van der Waals surface area contributed by atoms with E-state index in [0.29, 0.717) is 10.1 Å². The molecule has 1 aliphatic rings. The number of hydrogen-bond acceptors (Lipinski definition) is 3. The monoisotopic (exact) mass is 440 g/mol. The zero-order valence-electron chi connectivity index (χ0n) is 19.2. The molecule has 0 aromatic heterocycles. The fraction of sp³-hybridized carbons (Fsp3) is 0.214. The Morgan fingerprint density at radius 1 is 0.812 bits per heavy atom. The molecule has 1 amide bonds. The summed E-state index contributed by atoms with van der Waals surface area (Å²) in [6.07, 6.45) is 1.96. The maximum Gasteiger partial charge on any atom is 0.271 e. The van der Waals surface area contributed by atoms with E-state index in [4.69, 9.17) is 4.99 Å². The lowest BCUT2D eigenvalue weighted by atomic mass is 9.87. The van der Waals surface area contributed by atoms with Crippen LogP contribution in [0.25, 0.3) is 6.08 Å². The van der Waals surface area contributed by atoms with E-state index in [2.05, 4.69) is 52.0 Å². The first-order valence-corrected chi connectivity index (χ1v) is 11.6. The highest BCUT2D eigenvalue weighted by Crippen LogP contribution is 2.37. The second-order valence-corrected chi connectivity index (χ2v) is 10.2. The second kappa shape index (κ2) is 8.79. The largest absolute Gasteiger partial charge is 0.271 e. The van der Waals surface area contributed by atoms with Crippen molar-refractivity contribution in [1.82, 2.24) is 0 Å². The van der Waals surface area contributed by atoms with Crippen molar-refractivity contribution in [2.75, 3.05) is 4.90 Å². The highest BCUT2D eigenvalue weighted by molar-refractivity contribution is 8.19. The molecule has 0 radical (unpaired) electrons. The SMILES string of the molecule is Cc1ccc(N=C2S/C(=C/c3ccc(C(C)(C)C)cc3)C(=O)N2c2ccc(C)cc2)cc1. The Kier molecular flexibility index (Phi) is 6.07. The van der Waals surface area contributed by atoms with E-state index in [1.54, 1.807) is 4.90 Å². The van der Waals surface area contributed by atoms with Crippen LogP contribution < -0.4 is 4.90 Å². The Labute approximate surface area is 194 Å². The van der Waals surface area contributed by atoms with Gasteiger partial charge in [0, 0.05) is 0 Å². The molecule has 1 heterocycles. The number of rotatable bonds is 3. The van der Waals surface area contributed by atoms with E-state index >= 15 is 0 Å². The zero-order valence-corrected chi connectivity index (χ0v) is 20.0. The number of hydrogen-bond donors (Lipinski definition) is 0. The number of amidine groups is 1. The summed E-state index contributed by atoms with van der Waals surface area (Å²) in [5.41, 5.74) is 6.37. The van der Waals surface area contributed by atoms with Gasteiger partial charge in [0.2, 0.25) is 0 Å². The minimum Gasteiger partial charge on any atom is -0.268 e. The third-order valence-electron chi connectivity index (χ3n) is 5.43. The first-order chi connectivity index (χ1) is 15.2. The topological polar surface area (TPSA) is 32.7 Å². The van der Waals surface area contributed by atoms with Gasteiger partial charge in [-0.1, -0.05) is 80.4 Å². The standard InChI is InChI=1S/C28H28N2OS/c1-19-6-14-23(15-7-19)29-27-30(24-16-8-20(2)9-17-24)26(31)25(32-27)18-21-10-12-22(13-11-21)28(3,4)5/h6-18H,1-5H3/b25-18+,29-27?. The fourth-order valence-corrected chi connectivity index (χ4v) is 4.43. The number of nitrogens with zero attached hydrogens (tertiary/aromatic N) is 2. The molecule has 3 aromatic rings. The van der Waals surface area contributed by atoms with Gasteiger partial charge in [-0.05, 0) is 72.5 Å². The highest BCUT2D eigenvalue weighted by Gasteiger charge is 2.34. The summed E-state index contributed by atoms with van der Waals surface area (Å²) >= 11 is 1.42. The maximum atomic E-state index is 13.4. The van der Waals surface area contributed by atoms with Crippen molar-refractivity contribution < 1.29 is 4.79 Å². The molecule has 0 aliphatic carbocycles. The second-order valence-electron chi connectivity index (χ2n) is 9.19. The molecule has 4 rings (SSSR count). The van der Waals surface area contributed by atoms with Crippen molar-refractivity contribution in [3.8, 4) is 0 Å². The fourth-order valence-electron chi connectivity index (χ4n) is 3.43. The van der Waals surface area contributed by atoms with Gasteiger partial charge in [-0.25, -0.2) is 4.99 Å². The Morgan fingerprint density at radius 3 is 1.94 bits per heavy atom. The maximum absolute atomic E-state index is 13.4. The van der Waals surface area contributed by atoms with Crippen LogP contribution in [-0.2, 0) is 10.2 Å². The molecule has 32 heavy (non-hydrogen) atoms. The van der Waals surface area contributed by atoms with E-state index in [1.807, 2.05) is 61.5 Å². The quantitative estimate of drug-likeness (QED) is 0.397. The normalized spacial score (nSPS) is 16.9. The van der Waals surface area contributed by atoms with E-state index in [-0.39, 0.29) is 11.3 Å². The van der Waals surface area contributed by atoms with Gasteiger partial charge in [0.25, 0.3) is 5.91 Å². The minimum atomic E-state index is -0.0513. The van der Waals surface area contributed by atoms with Gasteiger partial charge in [-0.15, -0.1) is 0 Å². The molecule has 0 unspecified atom stereocenters. The molecule has 0 atom stereocenters. The lowest BCUT2D eigenvalue weighted by molar-refractivity contribution is -0.113. The van der Waals surface area contributed by atoms with Crippen LogP contribution >= 0.6 is 11.8 Å². The van der Waals surface area contributed by atoms with Gasteiger partial charge < -0.3 is 0 Å². The molecule has 1 fully saturated rings. The van der Waals surface area contributed by atoms with E-state index in [1.165, 1.54) is 22.9 Å². The highest BCUT2D eigenvalue weighted by atomic mass is 32.2. The van der Waals surface area contributed by atoms with Crippen LogP contribution in [0.2, 0.25) is 0 Å². The lowest BCUT2D eigenvalue weighted by Gasteiger charge is -2.18. The van der Waals surface area contributed by atoms with Gasteiger partial charge in [-0.2, -0.15) is 0 Å². The van der Waals surface area contributed by atoms with Crippen LogP contribution in [0.1, 0.15) is 43.0 Å². The Hall–Kier alpha value is -3.11. The minimum absolute atomic E-state index is 0.0513. The summed E-state index contributed by atoms with van der Waals surface area (Å²) in [5.74, 6) is -0.0513. The van der Waals surface area contributed by atoms with Crippen molar-refractivity contribution in [1.29, 1.82) is 0 Å². The van der Waals surface area contributed by atoms with Crippen LogP contribution in [0.3, 0.4) is 0 Å². The molecule has 0 saturated carbocycles. The smallest absolute Gasteiger partial charge is 0.268 e. The molecular formula is C28H28N2OS. The molecule has 162 valence electrons. The summed E-state index contributed by atoms with van der Waals surface area (Å²) in [7, 11) is 0. The van der Waals surface area contributed by atoms with E-state index < -0.39 is 0 Å². The van der Waals surface area contributed by atoms with Gasteiger partial charge in [-0.3, -0.25) is 9.69 Å². The molecule has 0 spiro atoms. The van der Waals surface area contributed by atoms with Crippen molar-refractivity contribution >= 4 is 40.3 Å². The number of carbonyl (C=O) groups is 1. The van der Waals surface area contributed by atoms with Crippen molar-refractivity contribution in [2.24, 2.45) is 4.99 Å². The predicted molar refractivity (Wildman–Crippen MR) is 138 cm³/mol. The summed E-state index contributed by atoms with van der Waals surface area (Å²) in [6.45, 7) is 10.7. The third kappa shape index (κ3) is 4.86. The Morgan fingerprint density at radius 2 is 1.38 bits per heavy atom. The average Bonchev–Trinajstić information content (AvgIpc) is 3.05. The first-order valence-electron chi connectivity index (χ1n) is 10.8. The first kappa shape index (κ1) is 22.1. The number of benzene rings is 3.